The van der Waals surface area contributed by atoms with E-state index in [4.69, 9.17) is 38.4 Å². The molecule has 200 valence electrons. The van der Waals surface area contributed by atoms with Gasteiger partial charge in [-0.1, -0.05) is 46.3 Å². The summed E-state index contributed by atoms with van der Waals surface area (Å²) in [5.74, 6) is -0.314. The van der Waals surface area contributed by atoms with E-state index in [9.17, 15) is 13.0 Å². The molecule has 0 saturated heterocycles. The van der Waals surface area contributed by atoms with Crippen LogP contribution >= 0.6 is 46.3 Å². The summed E-state index contributed by atoms with van der Waals surface area (Å²) in [6, 6.07) is 11.5. The van der Waals surface area contributed by atoms with Crippen LogP contribution in [0.15, 0.2) is 46.3 Å². The Morgan fingerprint density at radius 3 is 2.54 bits per heavy atom. The van der Waals surface area contributed by atoms with E-state index in [1.54, 1.807) is 23.1 Å². The molecule has 0 aliphatic carbocycles. The Bertz CT molecular complexity index is 1380. The van der Waals surface area contributed by atoms with Crippen LogP contribution in [0.4, 0.5) is 5.69 Å². The number of ether oxygens (including phenoxy) is 2. The SMILES string of the molecule is NCCOCCOCCN1/C(=C\c2sc3ccc(Cl)cc3[n+]2CCCS(=O)(=O)O)Sc2ccc(Cl)cc21. The van der Waals surface area contributed by atoms with Crippen molar-refractivity contribution in [2.45, 2.75) is 17.9 Å². The van der Waals surface area contributed by atoms with E-state index in [1.807, 2.05) is 41.0 Å². The van der Waals surface area contributed by atoms with Crippen LogP contribution in [0.25, 0.3) is 16.3 Å². The largest absolute Gasteiger partial charge is 0.378 e. The Balaban J connectivity index is 1.61. The van der Waals surface area contributed by atoms with Crippen molar-refractivity contribution < 1.29 is 27.0 Å². The van der Waals surface area contributed by atoms with Gasteiger partial charge in [-0.3, -0.25) is 4.55 Å². The molecule has 0 fully saturated rings. The van der Waals surface area contributed by atoms with Gasteiger partial charge >= 0.3 is 0 Å². The molecule has 3 aromatic rings. The summed E-state index contributed by atoms with van der Waals surface area (Å²) >= 11 is 15.8. The minimum Gasteiger partial charge on any atom is -0.378 e. The average molecular weight is 606 g/mol. The monoisotopic (exact) mass is 604 g/mol. The van der Waals surface area contributed by atoms with Gasteiger partial charge < -0.3 is 20.1 Å². The van der Waals surface area contributed by atoms with Crippen LogP contribution in [-0.4, -0.2) is 58.2 Å². The van der Waals surface area contributed by atoms with Gasteiger partial charge in [0.25, 0.3) is 15.1 Å². The first-order valence-corrected chi connectivity index (χ1v) is 15.6. The second kappa shape index (κ2) is 13.1. The topological polar surface area (TPSA) is 106 Å². The van der Waals surface area contributed by atoms with Crippen molar-refractivity contribution in [3.63, 3.8) is 0 Å². The van der Waals surface area contributed by atoms with Crippen molar-refractivity contribution in [3.05, 3.63) is 56.5 Å². The van der Waals surface area contributed by atoms with Gasteiger partial charge in [0.15, 0.2) is 6.54 Å². The number of aryl methyl sites for hydroxylation is 1. The fourth-order valence-corrected chi connectivity index (χ4v) is 7.01. The molecule has 0 saturated carbocycles. The van der Waals surface area contributed by atoms with Crippen molar-refractivity contribution in [2.24, 2.45) is 5.73 Å². The first-order chi connectivity index (χ1) is 17.7. The second-order valence-corrected chi connectivity index (χ2v) is 12.8. The number of benzene rings is 2. The minimum absolute atomic E-state index is 0.269. The number of hydrogen-bond acceptors (Lipinski definition) is 8. The average Bonchev–Trinajstić information content (AvgIpc) is 3.35. The van der Waals surface area contributed by atoms with Gasteiger partial charge in [-0.15, -0.1) is 0 Å². The fourth-order valence-electron chi connectivity index (χ4n) is 3.90. The predicted octanol–water partition coefficient (Wildman–Crippen LogP) is 4.68. The molecule has 8 nitrogen and oxygen atoms in total. The lowest BCUT2D eigenvalue weighted by molar-refractivity contribution is -0.668. The van der Waals surface area contributed by atoms with Gasteiger partial charge in [0.1, 0.15) is 4.70 Å². The Morgan fingerprint density at radius 1 is 1.05 bits per heavy atom. The molecule has 0 radical (unpaired) electrons. The van der Waals surface area contributed by atoms with E-state index in [0.29, 0.717) is 56.1 Å². The maximum atomic E-state index is 11.3. The molecule has 13 heteroatoms. The highest BCUT2D eigenvalue weighted by atomic mass is 35.5. The summed E-state index contributed by atoms with van der Waals surface area (Å²) in [6.45, 7) is 3.48. The third kappa shape index (κ3) is 7.81. The first-order valence-electron chi connectivity index (χ1n) is 11.6. The zero-order valence-electron chi connectivity index (χ0n) is 19.9. The van der Waals surface area contributed by atoms with Gasteiger partial charge in [-0.05, 0) is 30.3 Å². The molecule has 0 atom stereocenters. The van der Waals surface area contributed by atoms with Crippen molar-refractivity contribution in [3.8, 4) is 0 Å². The minimum atomic E-state index is -4.05. The molecule has 1 aromatic heterocycles. The number of fused-ring (bicyclic) bond motifs is 2. The number of thioether (sulfide) groups is 1. The molecule has 37 heavy (non-hydrogen) atoms. The highest BCUT2D eigenvalue weighted by Gasteiger charge is 2.28. The van der Waals surface area contributed by atoms with E-state index in [1.165, 1.54) is 0 Å². The number of rotatable bonds is 13. The lowest BCUT2D eigenvalue weighted by atomic mass is 10.3. The first kappa shape index (κ1) is 28.6. The maximum Gasteiger partial charge on any atom is 0.265 e. The molecule has 1 aliphatic heterocycles. The zero-order valence-corrected chi connectivity index (χ0v) is 23.9. The molecule has 2 aromatic carbocycles. The molecule has 1 aliphatic rings. The smallest absolute Gasteiger partial charge is 0.265 e. The van der Waals surface area contributed by atoms with Gasteiger partial charge in [0.05, 0.1) is 49.0 Å². The molecular weight excluding hydrogens is 577 g/mol. The standard InChI is InChI=1S/C24H27Cl2N3O5S3/c25-17-2-4-21-19(14-17)28(7-1-13-37(30,31)32)23(35-21)16-24-29(8-10-34-12-11-33-9-6-27)20-15-18(26)3-5-22(20)36-24/h2-5,14-16H,1,6-13,27H2/p+1. The van der Waals surface area contributed by atoms with Crippen LogP contribution in [0.1, 0.15) is 11.4 Å². The van der Waals surface area contributed by atoms with E-state index in [2.05, 4.69) is 11.0 Å². The predicted molar refractivity (Wildman–Crippen MR) is 151 cm³/mol. The van der Waals surface area contributed by atoms with Crippen LogP contribution in [-0.2, 0) is 26.1 Å². The molecule has 0 amide bonds. The number of halogens is 2. The highest BCUT2D eigenvalue weighted by Crippen LogP contribution is 2.47. The molecule has 0 bridgehead atoms. The number of aromatic nitrogens is 1. The number of thiazole rings is 1. The van der Waals surface area contributed by atoms with Crippen molar-refractivity contribution in [1.82, 2.24) is 0 Å². The Morgan fingerprint density at radius 2 is 1.78 bits per heavy atom. The van der Waals surface area contributed by atoms with Crippen LogP contribution in [0, 0.1) is 0 Å². The normalized spacial score (nSPS) is 14.7. The number of nitrogens with two attached hydrogens (primary N) is 1. The number of nitrogens with zero attached hydrogens (tertiary/aromatic N) is 2. The molecular formula is C24H28Cl2N3O5S3+. The van der Waals surface area contributed by atoms with Crippen LogP contribution in [0.5, 0.6) is 0 Å². The summed E-state index contributed by atoms with van der Waals surface area (Å²) in [4.78, 5) is 3.26. The van der Waals surface area contributed by atoms with E-state index >= 15 is 0 Å². The molecule has 0 spiro atoms. The van der Waals surface area contributed by atoms with Crippen molar-refractivity contribution in [2.75, 3.05) is 50.2 Å². The van der Waals surface area contributed by atoms with E-state index in [0.717, 1.165) is 30.8 Å². The van der Waals surface area contributed by atoms with Crippen LogP contribution < -0.4 is 15.2 Å². The lowest BCUT2D eigenvalue weighted by Gasteiger charge is -2.20. The van der Waals surface area contributed by atoms with Crippen LogP contribution in [0.3, 0.4) is 0 Å². The van der Waals surface area contributed by atoms with Crippen molar-refractivity contribution >= 4 is 78.4 Å². The number of anilines is 1. The summed E-state index contributed by atoms with van der Waals surface area (Å²) in [5, 5.41) is 3.19. The summed E-state index contributed by atoms with van der Waals surface area (Å²) in [7, 11) is -4.05. The van der Waals surface area contributed by atoms with Gasteiger partial charge in [-0.25, -0.2) is 0 Å². The highest BCUT2D eigenvalue weighted by molar-refractivity contribution is 8.03. The quantitative estimate of drug-likeness (QED) is 0.165. The summed E-state index contributed by atoms with van der Waals surface area (Å²) in [6.07, 6.45) is 2.36. The lowest BCUT2D eigenvalue weighted by Crippen LogP contribution is -2.36. The Kier molecular flexibility index (Phi) is 10.1. The molecule has 0 unspecified atom stereocenters. The fraction of sp³-hybridized carbons (Fsp3) is 0.375. The third-order valence-corrected chi connectivity index (χ3v) is 9.01. The van der Waals surface area contributed by atoms with Gasteiger partial charge in [-0.2, -0.15) is 13.0 Å². The third-order valence-electron chi connectivity index (χ3n) is 5.51. The zero-order chi connectivity index (χ0) is 26.4. The molecule has 2 heterocycles. The Labute approximate surface area is 234 Å². The molecule has 3 N–H and O–H groups in total. The van der Waals surface area contributed by atoms with Gasteiger partial charge in [0, 0.05) is 40.5 Å². The Hall–Kier alpha value is -1.41. The summed E-state index contributed by atoms with van der Waals surface area (Å²) in [5.41, 5.74) is 7.36. The van der Waals surface area contributed by atoms with Crippen LogP contribution in [0.2, 0.25) is 10.0 Å². The summed E-state index contributed by atoms with van der Waals surface area (Å²) < 4.78 is 46.0. The van der Waals surface area contributed by atoms with E-state index < -0.39 is 10.1 Å². The molecule has 4 rings (SSSR count). The maximum absolute atomic E-state index is 11.3. The second-order valence-electron chi connectivity index (χ2n) is 8.21. The number of hydrogen-bond donors (Lipinski definition) is 2. The van der Waals surface area contributed by atoms with Crippen molar-refractivity contribution in [1.29, 1.82) is 0 Å². The van der Waals surface area contributed by atoms with E-state index in [-0.39, 0.29) is 12.2 Å². The van der Waals surface area contributed by atoms with Gasteiger partial charge in [0.2, 0.25) is 5.52 Å².